The number of amides is 1. The number of hydrogen-bond acceptors (Lipinski definition) is 3. The zero-order chi connectivity index (χ0) is 22.6. The van der Waals surface area contributed by atoms with Crippen LogP contribution in [0, 0.1) is 20.8 Å². The molecule has 3 rings (SSSR count). The van der Waals surface area contributed by atoms with Gasteiger partial charge in [0.25, 0.3) is 5.91 Å². The summed E-state index contributed by atoms with van der Waals surface area (Å²) in [5, 5.41) is 3.12. The Labute approximate surface area is 186 Å². The van der Waals surface area contributed by atoms with Crippen LogP contribution in [0.15, 0.2) is 41.3 Å². The second-order valence-corrected chi connectivity index (χ2v) is 10.5. The summed E-state index contributed by atoms with van der Waals surface area (Å²) >= 11 is 0. The standard InChI is InChI=1S/C25H34N2O3S/c1-5-24(22-13-10-18(2)16-20(22)4)26-25(28)23-17-21(12-11-19(23)3)31(29,30)27-14-8-6-7-9-15-27/h10-13,16-17,24H,5-9,14-15H2,1-4H3,(H,26,28). The second-order valence-electron chi connectivity index (χ2n) is 8.59. The third kappa shape index (κ3) is 5.36. The Balaban J connectivity index is 1.87. The molecule has 0 spiro atoms. The minimum absolute atomic E-state index is 0.127. The average Bonchev–Trinajstić information content (AvgIpc) is 3.02. The predicted molar refractivity (Wildman–Crippen MR) is 125 cm³/mol. The second kappa shape index (κ2) is 9.96. The van der Waals surface area contributed by atoms with Gasteiger partial charge in [0, 0.05) is 18.7 Å². The maximum atomic E-state index is 13.2. The lowest BCUT2D eigenvalue weighted by atomic mass is 9.97. The molecule has 0 saturated carbocycles. The minimum atomic E-state index is -3.60. The zero-order valence-corrected chi connectivity index (χ0v) is 19.9. The molecular formula is C25H34N2O3S. The smallest absolute Gasteiger partial charge is 0.252 e. The van der Waals surface area contributed by atoms with E-state index < -0.39 is 10.0 Å². The summed E-state index contributed by atoms with van der Waals surface area (Å²) in [6.07, 6.45) is 4.63. The molecule has 2 aromatic carbocycles. The Morgan fingerprint density at radius 3 is 2.26 bits per heavy atom. The third-order valence-electron chi connectivity index (χ3n) is 6.17. The number of carbonyl (C=O) groups is 1. The van der Waals surface area contributed by atoms with Gasteiger partial charge >= 0.3 is 0 Å². The Kier molecular flexibility index (Phi) is 7.55. The van der Waals surface area contributed by atoms with Crippen LogP contribution in [-0.4, -0.2) is 31.7 Å². The SMILES string of the molecule is CCC(NC(=O)c1cc(S(=O)(=O)N2CCCCCC2)ccc1C)c1ccc(C)cc1C. The molecule has 1 aliphatic rings. The predicted octanol–water partition coefficient (Wildman–Crippen LogP) is 5.06. The van der Waals surface area contributed by atoms with Crippen molar-refractivity contribution < 1.29 is 13.2 Å². The van der Waals surface area contributed by atoms with Crippen LogP contribution in [0.4, 0.5) is 0 Å². The van der Waals surface area contributed by atoms with E-state index >= 15 is 0 Å². The highest BCUT2D eigenvalue weighted by molar-refractivity contribution is 7.89. The summed E-state index contributed by atoms with van der Waals surface area (Å²) in [6.45, 7) is 9.07. The number of sulfonamides is 1. The fourth-order valence-corrected chi connectivity index (χ4v) is 5.83. The Bertz CT molecular complexity index is 1040. The largest absolute Gasteiger partial charge is 0.345 e. The van der Waals surface area contributed by atoms with Crippen LogP contribution in [0.25, 0.3) is 0 Å². The molecule has 0 aromatic heterocycles. The lowest BCUT2D eigenvalue weighted by Gasteiger charge is -2.22. The van der Waals surface area contributed by atoms with Gasteiger partial charge in [0.2, 0.25) is 10.0 Å². The van der Waals surface area contributed by atoms with E-state index in [4.69, 9.17) is 0 Å². The van der Waals surface area contributed by atoms with Gasteiger partial charge in [0.05, 0.1) is 10.9 Å². The van der Waals surface area contributed by atoms with Gasteiger partial charge in [-0.25, -0.2) is 8.42 Å². The Morgan fingerprint density at radius 1 is 0.968 bits per heavy atom. The molecule has 0 aliphatic carbocycles. The molecule has 1 amide bonds. The van der Waals surface area contributed by atoms with E-state index in [9.17, 15) is 13.2 Å². The highest BCUT2D eigenvalue weighted by Crippen LogP contribution is 2.25. The molecule has 5 nitrogen and oxygen atoms in total. The van der Waals surface area contributed by atoms with Crippen molar-refractivity contribution in [1.29, 1.82) is 0 Å². The summed E-state index contributed by atoms with van der Waals surface area (Å²) in [5.74, 6) is -0.239. The van der Waals surface area contributed by atoms with E-state index in [1.165, 1.54) is 5.56 Å². The molecule has 6 heteroatoms. The number of rotatable bonds is 6. The summed E-state index contributed by atoms with van der Waals surface area (Å²) in [7, 11) is -3.60. The van der Waals surface area contributed by atoms with E-state index in [0.717, 1.165) is 48.8 Å². The zero-order valence-electron chi connectivity index (χ0n) is 19.1. The molecule has 0 bridgehead atoms. The number of carbonyl (C=O) groups excluding carboxylic acids is 1. The highest BCUT2D eigenvalue weighted by atomic mass is 32.2. The van der Waals surface area contributed by atoms with Crippen molar-refractivity contribution in [3.8, 4) is 0 Å². The van der Waals surface area contributed by atoms with Crippen LogP contribution in [0.5, 0.6) is 0 Å². The first-order valence-electron chi connectivity index (χ1n) is 11.2. The molecule has 2 aromatic rings. The summed E-state index contributed by atoms with van der Waals surface area (Å²) < 4.78 is 28.0. The molecule has 1 saturated heterocycles. The molecule has 1 N–H and O–H groups in total. The number of benzene rings is 2. The molecule has 1 heterocycles. The topological polar surface area (TPSA) is 66.5 Å². The Hall–Kier alpha value is -2.18. The van der Waals surface area contributed by atoms with Gasteiger partial charge < -0.3 is 5.32 Å². The first-order valence-corrected chi connectivity index (χ1v) is 12.7. The van der Waals surface area contributed by atoms with E-state index in [1.807, 2.05) is 13.8 Å². The molecule has 1 fully saturated rings. The van der Waals surface area contributed by atoms with Gasteiger partial charge in [-0.1, -0.05) is 49.6 Å². The number of hydrogen-bond donors (Lipinski definition) is 1. The van der Waals surface area contributed by atoms with Gasteiger partial charge in [-0.05, 0) is 68.9 Å². The molecule has 1 unspecified atom stereocenters. The maximum absolute atomic E-state index is 13.2. The third-order valence-corrected chi connectivity index (χ3v) is 8.07. The van der Waals surface area contributed by atoms with Gasteiger partial charge in [0.15, 0.2) is 0 Å². The first kappa shape index (κ1) is 23.5. The monoisotopic (exact) mass is 442 g/mol. The van der Waals surface area contributed by atoms with E-state index in [1.54, 1.807) is 22.5 Å². The van der Waals surface area contributed by atoms with E-state index in [-0.39, 0.29) is 16.8 Å². The average molecular weight is 443 g/mol. The van der Waals surface area contributed by atoms with Crippen molar-refractivity contribution in [2.75, 3.05) is 13.1 Å². The normalized spacial score (nSPS) is 16.5. The van der Waals surface area contributed by atoms with Crippen molar-refractivity contribution in [3.63, 3.8) is 0 Å². The van der Waals surface area contributed by atoms with Crippen molar-refractivity contribution in [2.24, 2.45) is 0 Å². The minimum Gasteiger partial charge on any atom is -0.345 e. The quantitative estimate of drug-likeness (QED) is 0.680. The van der Waals surface area contributed by atoms with Crippen molar-refractivity contribution >= 4 is 15.9 Å². The number of aryl methyl sites for hydroxylation is 3. The van der Waals surface area contributed by atoms with E-state index in [0.29, 0.717) is 18.7 Å². The first-order chi connectivity index (χ1) is 14.7. The molecular weight excluding hydrogens is 408 g/mol. The summed E-state index contributed by atoms with van der Waals surface area (Å²) in [4.78, 5) is 13.4. The summed E-state index contributed by atoms with van der Waals surface area (Å²) in [5.41, 5.74) is 4.60. The molecule has 31 heavy (non-hydrogen) atoms. The van der Waals surface area contributed by atoms with Crippen LogP contribution in [0.2, 0.25) is 0 Å². The summed E-state index contributed by atoms with van der Waals surface area (Å²) in [6, 6.07) is 11.0. The number of nitrogens with zero attached hydrogens (tertiary/aromatic N) is 1. The number of nitrogens with one attached hydrogen (secondary N) is 1. The molecule has 0 radical (unpaired) electrons. The molecule has 1 atom stereocenters. The van der Waals surface area contributed by atoms with Crippen molar-refractivity contribution in [3.05, 3.63) is 64.2 Å². The highest BCUT2D eigenvalue weighted by Gasteiger charge is 2.27. The lowest BCUT2D eigenvalue weighted by Crippen LogP contribution is -2.33. The van der Waals surface area contributed by atoms with Crippen LogP contribution in [0.1, 0.15) is 77.7 Å². The van der Waals surface area contributed by atoms with Gasteiger partial charge in [0.1, 0.15) is 0 Å². The fraction of sp³-hybridized carbons (Fsp3) is 0.480. The van der Waals surface area contributed by atoms with Crippen molar-refractivity contribution in [1.82, 2.24) is 9.62 Å². The van der Waals surface area contributed by atoms with E-state index in [2.05, 4.69) is 37.4 Å². The van der Waals surface area contributed by atoms with Crippen molar-refractivity contribution in [2.45, 2.75) is 70.7 Å². The van der Waals surface area contributed by atoms with Gasteiger partial charge in [-0.15, -0.1) is 0 Å². The van der Waals surface area contributed by atoms with Crippen LogP contribution in [-0.2, 0) is 10.0 Å². The lowest BCUT2D eigenvalue weighted by molar-refractivity contribution is 0.0934. The Morgan fingerprint density at radius 2 is 1.65 bits per heavy atom. The van der Waals surface area contributed by atoms with Crippen LogP contribution >= 0.6 is 0 Å². The van der Waals surface area contributed by atoms with Crippen LogP contribution in [0.3, 0.4) is 0 Å². The fourth-order valence-electron chi connectivity index (χ4n) is 4.29. The maximum Gasteiger partial charge on any atom is 0.252 e. The van der Waals surface area contributed by atoms with Gasteiger partial charge in [-0.3, -0.25) is 4.79 Å². The van der Waals surface area contributed by atoms with Gasteiger partial charge in [-0.2, -0.15) is 4.31 Å². The molecule has 168 valence electrons. The molecule has 1 aliphatic heterocycles. The van der Waals surface area contributed by atoms with Crippen LogP contribution < -0.4 is 5.32 Å².